The van der Waals surface area contributed by atoms with Gasteiger partial charge in [-0.25, -0.2) is 0 Å². The Balaban J connectivity index is 1.46. The summed E-state index contributed by atoms with van der Waals surface area (Å²) in [5.41, 5.74) is 5.35. The molecule has 0 aliphatic heterocycles. The van der Waals surface area contributed by atoms with Crippen molar-refractivity contribution < 1.29 is 9.53 Å². The standard InChI is InChI=1S/C25H21N3O2/c1-30-23-8-2-5-20(15-23)18-9-11-19(12-10-18)25(29)28-17-22-7-4-14-27-24(22)21-6-3-13-26-16-21/h2-16H,17H2,1H3,(H,28,29). The topological polar surface area (TPSA) is 64.1 Å². The summed E-state index contributed by atoms with van der Waals surface area (Å²) in [6.45, 7) is 0.383. The van der Waals surface area contributed by atoms with E-state index in [9.17, 15) is 4.79 Å². The van der Waals surface area contributed by atoms with Crippen molar-refractivity contribution in [2.24, 2.45) is 0 Å². The number of hydrogen-bond donors (Lipinski definition) is 1. The van der Waals surface area contributed by atoms with Gasteiger partial charge in [0, 0.05) is 36.3 Å². The molecule has 0 saturated carbocycles. The number of methoxy groups -OCH3 is 1. The van der Waals surface area contributed by atoms with Gasteiger partial charge in [0.2, 0.25) is 0 Å². The molecule has 1 N–H and O–H groups in total. The van der Waals surface area contributed by atoms with Crippen LogP contribution >= 0.6 is 0 Å². The SMILES string of the molecule is COc1cccc(-c2ccc(C(=O)NCc3cccnc3-c3cccnc3)cc2)c1. The summed E-state index contributed by atoms with van der Waals surface area (Å²) in [5.74, 6) is 0.670. The number of nitrogens with zero attached hydrogens (tertiary/aromatic N) is 2. The number of rotatable bonds is 6. The van der Waals surface area contributed by atoms with Crippen molar-refractivity contribution in [3.05, 3.63) is 103 Å². The van der Waals surface area contributed by atoms with Crippen LogP contribution in [0.15, 0.2) is 91.4 Å². The van der Waals surface area contributed by atoms with E-state index in [-0.39, 0.29) is 5.91 Å². The van der Waals surface area contributed by atoms with Gasteiger partial charge in [-0.3, -0.25) is 14.8 Å². The first-order valence-electron chi connectivity index (χ1n) is 9.61. The second-order valence-corrected chi connectivity index (χ2v) is 6.74. The zero-order valence-corrected chi connectivity index (χ0v) is 16.6. The van der Waals surface area contributed by atoms with Gasteiger partial charge >= 0.3 is 0 Å². The Morgan fingerprint density at radius 2 is 1.70 bits per heavy atom. The van der Waals surface area contributed by atoms with E-state index in [0.717, 1.165) is 33.7 Å². The molecule has 4 aromatic rings. The third-order valence-electron chi connectivity index (χ3n) is 4.82. The van der Waals surface area contributed by atoms with Crippen LogP contribution in [-0.4, -0.2) is 23.0 Å². The molecule has 0 fully saturated rings. The number of nitrogens with one attached hydrogen (secondary N) is 1. The third-order valence-corrected chi connectivity index (χ3v) is 4.82. The number of amides is 1. The van der Waals surface area contributed by atoms with Crippen LogP contribution in [-0.2, 0) is 6.54 Å². The lowest BCUT2D eigenvalue weighted by Gasteiger charge is -2.10. The molecule has 5 heteroatoms. The van der Waals surface area contributed by atoms with E-state index in [1.165, 1.54) is 0 Å². The minimum absolute atomic E-state index is 0.131. The molecule has 4 rings (SSSR count). The van der Waals surface area contributed by atoms with Crippen LogP contribution in [0.4, 0.5) is 0 Å². The van der Waals surface area contributed by atoms with Crippen LogP contribution in [0.25, 0.3) is 22.4 Å². The van der Waals surface area contributed by atoms with Crippen LogP contribution < -0.4 is 10.1 Å². The van der Waals surface area contributed by atoms with Crippen LogP contribution in [0.3, 0.4) is 0 Å². The monoisotopic (exact) mass is 395 g/mol. The fourth-order valence-electron chi connectivity index (χ4n) is 3.24. The summed E-state index contributed by atoms with van der Waals surface area (Å²) in [5, 5.41) is 2.98. The van der Waals surface area contributed by atoms with Gasteiger partial charge in [0.1, 0.15) is 5.75 Å². The number of hydrogen-bond acceptors (Lipinski definition) is 4. The molecule has 148 valence electrons. The highest BCUT2D eigenvalue weighted by Gasteiger charge is 2.10. The molecule has 0 spiro atoms. The second-order valence-electron chi connectivity index (χ2n) is 6.74. The summed E-state index contributed by atoms with van der Waals surface area (Å²) < 4.78 is 5.28. The molecule has 0 radical (unpaired) electrons. The van der Waals surface area contributed by atoms with Gasteiger partial charge in [0.05, 0.1) is 12.8 Å². The first kappa shape index (κ1) is 19.3. The van der Waals surface area contributed by atoms with E-state index in [4.69, 9.17) is 4.74 Å². The van der Waals surface area contributed by atoms with Gasteiger partial charge in [-0.1, -0.05) is 30.3 Å². The fraction of sp³-hybridized carbons (Fsp3) is 0.0800. The Morgan fingerprint density at radius 1 is 0.900 bits per heavy atom. The molecule has 30 heavy (non-hydrogen) atoms. The predicted octanol–water partition coefficient (Wildman–Crippen LogP) is 4.75. The third kappa shape index (κ3) is 4.36. The van der Waals surface area contributed by atoms with Crippen molar-refractivity contribution in [2.75, 3.05) is 7.11 Å². The summed E-state index contributed by atoms with van der Waals surface area (Å²) in [7, 11) is 1.65. The quantitative estimate of drug-likeness (QED) is 0.512. The molecule has 2 aromatic carbocycles. The lowest BCUT2D eigenvalue weighted by Crippen LogP contribution is -2.23. The van der Waals surface area contributed by atoms with Crippen LogP contribution in [0.5, 0.6) is 5.75 Å². The molecule has 0 saturated heterocycles. The van der Waals surface area contributed by atoms with Crippen molar-refractivity contribution >= 4 is 5.91 Å². The molecule has 0 aliphatic carbocycles. The maximum Gasteiger partial charge on any atom is 0.251 e. The minimum atomic E-state index is -0.131. The highest BCUT2D eigenvalue weighted by molar-refractivity contribution is 5.94. The molecule has 0 aliphatic rings. The molecule has 2 heterocycles. The largest absolute Gasteiger partial charge is 0.497 e. The Kier molecular flexibility index (Phi) is 5.80. The van der Waals surface area contributed by atoms with Crippen LogP contribution in [0, 0.1) is 0 Å². The Labute approximate surface area is 175 Å². The summed E-state index contributed by atoms with van der Waals surface area (Å²) in [6.07, 6.45) is 5.24. The number of pyridine rings is 2. The number of aromatic nitrogens is 2. The number of carbonyl (C=O) groups excluding carboxylic acids is 1. The number of benzene rings is 2. The van der Waals surface area contributed by atoms with E-state index in [0.29, 0.717) is 12.1 Å². The zero-order chi connectivity index (χ0) is 20.8. The predicted molar refractivity (Wildman–Crippen MR) is 117 cm³/mol. The maximum atomic E-state index is 12.7. The highest BCUT2D eigenvalue weighted by atomic mass is 16.5. The number of carbonyl (C=O) groups is 1. The van der Waals surface area contributed by atoms with Crippen molar-refractivity contribution in [2.45, 2.75) is 6.54 Å². The van der Waals surface area contributed by atoms with E-state index >= 15 is 0 Å². The highest BCUT2D eigenvalue weighted by Crippen LogP contribution is 2.24. The molecule has 0 bridgehead atoms. The van der Waals surface area contributed by atoms with Crippen molar-refractivity contribution in [3.63, 3.8) is 0 Å². The van der Waals surface area contributed by atoms with Crippen LogP contribution in [0.1, 0.15) is 15.9 Å². The maximum absolute atomic E-state index is 12.7. The van der Waals surface area contributed by atoms with Crippen LogP contribution in [0.2, 0.25) is 0 Å². The summed E-state index contributed by atoms with van der Waals surface area (Å²) in [4.78, 5) is 21.3. The smallest absolute Gasteiger partial charge is 0.251 e. The average Bonchev–Trinajstić information content (AvgIpc) is 2.83. The van der Waals surface area contributed by atoms with Gasteiger partial charge in [-0.15, -0.1) is 0 Å². The molecular formula is C25H21N3O2. The van der Waals surface area contributed by atoms with Crippen molar-refractivity contribution in [3.8, 4) is 28.1 Å². The molecule has 1 amide bonds. The Bertz CT molecular complexity index is 1140. The Morgan fingerprint density at radius 3 is 2.47 bits per heavy atom. The average molecular weight is 395 g/mol. The fourth-order valence-corrected chi connectivity index (χ4v) is 3.24. The van der Waals surface area contributed by atoms with Gasteiger partial charge in [-0.2, -0.15) is 0 Å². The number of ether oxygens (including phenoxy) is 1. The first-order chi connectivity index (χ1) is 14.7. The van der Waals surface area contributed by atoms with Gasteiger partial charge in [-0.05, 0) is 59.2 Å². The minimum Gasteiger partial charge on any atom is -0.497 e. The Hall–Kier alpha value is -3.99. The van der Waals surface area contributed by atoms with E-state index in [2.05, 4.69) is 15.3 Å². The first-order valence-corrected chi connectivity index (χ1v) is 9.61. The van der Waals surface area contributed by atoms with Gasteiger partial charge < -0.3 is 10.1 Å². The molecular weight excluding hydrogens is 374 g/mol. The second kappa shape index (κ2) is 9.01. The van der Waals surface area contributed by atoms with E-state index in [1.54, 1.807) is 25.7 Å². The molecule has 0 atom stereocenters. The van der Waals surface area contributed by atoms with E-state index in [1.807, 2.05) is 72.8 Å². The zero-order valence-electron chi connectivity index (χ0n) is 16.6. The molecule has 2 aromatic heterocycles. The summed E-state index contributed by atoms with van der Waals surface area (Å²) in [6, 6.07) is 23.0. The van der Waals surface area contributed by atoms with Gasteiger partial charge in [0.15, 0.2) is 0 Å². The van der Waals surface area contributed by atoms with Crippen molar-refractivity contribution in [1.82, 2.24) is 15.3 Å². The van der Waals surface area contributed by atoms with E-state index < -0.39 is 0 Å². The van der Waals surface area contributed by atoms with Crippen molar-refractivity contribution in [1.29, 1.82) is 0 Å². The molecule has 5 nitrogen and oxygen atoms in total. The van der Waals surface area contributed by atoms with Gasteiger partial charge in [0.25, 0.3) is 5.91 Å². The summed E-state index contributed by atoms with van der Waals surface area (Å²) >= 11 is 0. The lowest BCUT2D eigenvalue weighted by molar-refractivity contribution is 0.0951. The normalized spacial score (nSPS) is 10.4. The molecule has 0 unspecified atom stereocenters. The lowest BCUT2D eigenvalue weighted by atomic mass is 10.0.